The third-order valence-electron chi connectivity index (χ3n) is 1.52. The van der Waals surface area contributed by atoms with E-state index in [1.807, 2.05) is 0 Å². The molecule has 1 rings (SSSR count). The van der Waals surface area contributed by atoms with Gasteiger partial charge in [0.2, 0.25) is 0 Å². The third-order valence-corrected chi connectivity index (χ3v) is 2.12. The quantitative estimate of drug-likeness (QED) is 0.576. The highest BCUT2D eigenvalue weighted by Crippen LogP contribution is 2.32. The van der Waals surface area contributed by atoms with Crippen LogP contribution in [0.1, 0.15) is 19.3 Å². The standard InChI is InChI=1S/C6H12O3S/c1-10(7,8)9-5-4-6-2-3-6/h6H,2-5H2,1H3. The van der Waals surface area contributed by atoms with Crippen molar-refractivity contribution in [2.75, 3.05) is 12.9 Å². The second-order valence-corrected chi connectivity index (χ2v) is 4.40. The summed E-state index contributed by atoms with van der Waals surface area (Å²) in [5.41, 5.74) is 0. The van der Waals surface area contributed by atoms with E-state index in [-0.39, 0.29) is 0 Å². The lowest BCUT2D eigenvalue weighted by Crippen LogP contribution is -2.04. The van der Waals surface area contributed by atoms with Gasteiger partial charge in [0, 0.05) is 0 Å². The molecule has 0 N–H and O–H groups in total. The molecule has 0 atom stereocenters. The van der Waals surface area contributed by atoms with Crippen molar-refractivity contribution in [3.05, 3.63) is 0 Å². The van der Waals surface area contributed by atoms with Gasteiger partial charge < -0.3 is 0 Å². The molecule has 1 fully saturated rings. The molecule has 3 nitrogen and oxygen atoms in total. The second kappa shape index (κ2) is 2.88. The Morgan fingerprint density at radius 2 is 2.10 bits per heavy atom. The molecule has 1 aliphatic carbocycles. The SMILES string of the molecule is CS(=O)(=O)OCCC1CC1. The molecule has 1 aliphatic rings. The first-order valence-corrected chi connectivity index (χ1v) is 5.24. The zero-order chi connectivity index (χ0) is 7.61. The summed E-state index contributed by atoms with van der Waals surface area (Å²) >= 11 is 0. The molecule has 4 heteroatoms. The molecular weight excluding hydrogens is 152 g/mol. The number of rotatable bonds is 4. The lowest BCUT2D eigenvalue weighted by Gasteiger charge is -1.97. The van der Waals surface area contributed by atoms with E-state index >= 15 is 0 Å². The van der Waals surface area contributed by atoms with E-state index in [1.165, 1.54) is 12.8 Å². The third kappa shape index (κ3) is 3.85. The van der Waals surface area contributed by atoms with Crippen LogP contribution in [0.15, 0.2) is 0 Å². The summed E-state index contributed by atoms with van der Waals surface area (Å²) in [6.07, 6.45) is 4.47. The summed E-state index contributed by atoms with van der Waals surface area (Å²) in [4.78, 5) is 0. The van der Waals surface area contributed by atoms with Crippen molar-refractivity contribution in [2.24, 2.45) is 5.92 Å². The molecular formula is C6H12O3S. The molecule has 0 bridgehead atoms. The Morgan fingerprint density at radius 3 is 2.50 bits per heavy atom. The van der Waals surface area contributed by atoms with E-state index in [2.05, 4.69) is 4.18 Å². The van der Waals surface area contributed by atoms with Crippen molar-refractivity contribution >= 4 is 10.1 Å². The molecule has 0 aromatic heterocycles. The first kappa shape index (κ1) is 8.01. The molecule has 0 radical (unpaired) electrons. The topological polar surface area (TPSA) is 43.4 Å². The maximum Gasteiger partial charge on any atom is 0.264 e. The van der Waals surface area contributed by atoms with Gasteiger partial charge in [0.1, 0.15) is 0 Å². The summed E-state index contributed by atoms with van der Waals surface area (Å²) in [6, 6.07) is 0. The van der Waals surface area contributed by atoms with Crippen LogP contribution in [0, 0.1) is 5.92 Å². The highest BCUT2D eigenvalue weighted by atomic mass is 32.2. The lowest BCUT2D eigenvalue weighted by atomic mass is 10.3. The molecule has 60 valence electrons. The van der Waals surface area contributed by atoms with E-state index in [9.17, 15) is 8.42 Å². The Hall–Kier alpha value is -0.0900. The van der Waals surface area contributed by atoms with Crippen LogP contribution in [0.2, 0.25) is 0 Å². The highest BCUT2D eigenvalue weighted by molar-refractivity contribution is 7.85. The monoisotopic (exact) mass is 164 g/mol. The second-order valence-electron chi connectivity index (χ2n) is 2.76. The van der Waals surface area contributed by atoms with Crippen molar-refractivity contribution < 1.29 is 12.6 Å². The fourth-order valence-corrected chi connectivity index (χ4v) is 1.17. The highest BCUT2D eigenvalue weighted by Gasteiger charge is 2.21. The molecule has 1 saturated carbocycles. The number of hydrogen-bond donors (Lipinski definition) is 0. The van der Waals surface area contributed by atoms with Gasteiger partial charge in [-0.2, -0.15) is 8.42 Å². The van der Waals surface area contributed by atoms with Gasteiger partial charge >= 0.3 is 0 Å². The first-order valence-electron chi connectivity index (χ1n) is 3.42. The normalized spacial score (nSPS) is 19.3. The fourth-order valence-electron chi connectivity index (χ4n) is 0.773. The molecule has 10 heavy (non-hydrogen) atoms. The first-order chi connectivity index (χ1) is 4.58. The summed E-state index contributed by atoms with van der Waals surface area (Å²) in [6.45, 7) is 0.365. The van der Waals surface area contributed by atoms with Crippen LogP contribution in [0.25, 0.3) is 0 Å². The molecule has 0 amide bonds. The Labute approximate surface area is 61.5 Å². The molecule has 0 aromatic rings. The van der Waals surface area contributed by atoms with Crippen molar-refractivity contribution in [1.82, 2.24) is 0 Å². The predicted molar refractivity (Wildman–Crippen MR) is 38.1 cm³/mol. The fraction of sp³-hybridized carbons (Fsp3) is 1.00. The Bertz CT molecular complexity index is 191. The Morgan fingerprint density at radius 1 is 1.50 bits per heavy atom. The Balaban J connectivity index is 2.04. The number of hydrogen-bond acceptors (Lipinski definition) is 3. The van der Waals surface area contributed by atoms with Gasteiger partial charge in [-0.25, -0.2) is 0 Å². The molecule has 0 aliphatic heterocycles. The van der Waals surface area contributed by atoms with Gasteiger partial charge in [-0.15, -0.1) is 0 Å². The largest absolute Gasteiger partial charge is 0.270 e. The van der Waals surface area contributed by atoms with Crippen LogP contribution < -0.4 is 0 Å². The van der Waals surface area contributed by atoms with E-state index in [0.29, 0.717) is 6.61 Å². The molecule has 0 unspecified atom stereocenters. The zero-order valence-electron chi connectivity index (χ0n) is 6.04. The van der Waals surface area contributed by atoms with E-state index in [4.69, 9.17) is 0 Å². The summed E-state index contributed by atoms with van der Waals surface area (Å²) < 4.78 is 25.4. The van der Waals surface area contributed by atoms with Crippen molar-refractivity contribution in [1.29, 1.82) is 0 Å². The van der Waals surface area contributed by atoms with Gasteiger partial charge in [0.25, 0.3) is 10.1 Å². The predicted octanol–water partition coefficient (Wildman–Crippen LogP) is 0.763. The van der Waals surface area contributed by atoms with Gasteiger partial charge in [-0.05, 0) is 12.3 Å². The van der Waals surface area contributed by atoms with Crippen LogP contribution in [0.3, 0.4) is 0 Å². The minimum Gasteiger partial charge on any atom is -0.270 e. The molecule has 0 heterocycles. The average Bonchev–Trinajstić information content (AvgIpc) is 2.45. The van der Waals surface area contributed by atoms with Crippen LogP contribution in [0.5, 0.6) is 0 Å². The lowest BCUT2D eigenvalue weighted by molar-refractivity contribution is 0.308. The van der Waals surface area contributed by atoms with E-state index in [0.717, 1.165) is 18.6 Å². The summed E-state index contributed by atoms with van der Waals surface area (Å²) in [7, 11) is -3.19. The molecule has 0 spiro atoms. The summed E-state index contributed by atoms with van der Waals surface area (Å²) in [5.74, 6) is 0.738. The maximum absolute atomic E-state index is 10.4. The van der Waals surface area contributed by atoms with Gasteiger partial charge in [-0.3, -0.25) is 4.18 Å². The summed E-state index contributed by atoms with van der Waals surface area (Å²) in [5, 5.41) is 0. The van der Waals surface area contributed by atoms with Gasteiger partial charge in [-0.1, -0.05) is 12.8 Å². The van der Waals surface area contributed by atoms with Crippen LogP contribution >= 0.6 is 0 Å². The van der Waals surface area contributed by atoms with E-state index < -0.39 is 10.1 Å². The van der Waals surface area contributed by atoms with Crippen molar-refractivity contribution in [3.8, 4) is 0 Å². The Kier molecular flexibility index (Phi) is 2.31. The smallest absolute Gasteiger partial charge is 0.264 e. The van der Waals surface area contributed by atoms with Crippen molar-refractivity contribution in [2.45, 2.75) is 19.3 Å². The van der Waals surface area contributed by atoms with Crippen LogP contribution in [-0.4, -0.2) is 21.3 Å². The average molecular weight is 164 g/mol. The molecule has 0 saturated heterocycles. The minimum absolute atomic E-state index is 0.365. The zero-order valence-corrected chi connectivity index (χ0v) is 6.86. The van der Waals surface area contributed by atoms with Gasteiger partial charge in [0.15, 0.2) is 0 Å². The maximum atomic E-state index is 10.4. The molecule has 0 aromatic carbocycles. The van der Waals surface area contributed by atoms with Crippen LogP contribution in [0.4, 0.5) is 0 Å². The van der Waals surface area contributed by atoms with Gasteiger partial charge in [0.05, 0.1) is 12.9 Å². The van der Waals surface area contributed by atoms with Crippen molar-refractivity contribution in [3.63, 3.8) is 0 Å². The van der Waals surface area contributed by atoms with Crippen LogP contribution in [-0.2, 0) is 14.3 Å². The van der Waals surface area contributed by atoms with E-state index in [1.54, 1.807) is 0 Å². The minimum atomic E-state index is -3.19.